The van der Waals surface area contributed by atoms with Gasteiger partial charge in [-0.15, -0.1) is 0 Å². The number of aromatic nitrogens is 1. The molecule has 17 heavy (non-hydrogen) atoms. The van der Waals surface area contributed by atoms with Gasteiger partial charge in [0.1, 0.15) is 5.82 Å². The van der Waals surface area contributed by atoms with E-state index >= 15 is 0 Å². The zero-order chi connectivity index (χ0) is 13.0. The van der Waals surface area contributed by atoms with Gasteiger partial charge < -0.3 is 15.1 Å². The van der Waals surface area contributed by atoms with Crippen molar-refractivity contribution in [2.45, 2.75) is 40.3 Å². The fraction of sp³-hybridized carbons (Fsp3) is 0.615. The molecule has 96 valence electrons. The fourth-order valence-corrected chi connectivity index (χ4v) is 1.99. The Bertz CT molecular complexity index is 378. The molecule has 1 rings (SSSR count). The van der Waals surface area contributed by atoms with Gasteiger partial charge >= 0.3 is 0 Å². The third-order valence-corrected chi connectivity index (χ3v) is 2.85. The van der Waals surface area contributed by atoms with Gasteiger partial charge in [-0.2, -0.15) is 0 Å². The van der Waals surface area contributed by atoms with Gasteiger partial charge in [0, 0.05) is 23.8 Å². The molecule has 0 fully saturated rings. The lowest BCUT2D eigenvalue weighted by atomic mass is 10.1. The molecule has 2 N–H and O–H groups in total. The van der Waals surface area contributed by atoms with Crippen molar-refractivity contribution in [1.29, 1.82) is 0 Å². The number of anilines is 1. The molecule has 0 saturated carbocycles. The maximum atomic E-state index is 9.46. The van der Waals surface area contributed by atoms with Crippen molar-refractivity contribution >= 4 is 5.82 Å². The molecule has 0 aliphatic heterocycles. The van der Waals surface area contributed by atoms with Crippen molar-refractivity contribution in [2.75, 3.05) is 18.1 Å². The first-order valence-corrected chi connectivity index (χ1v) is 5.96. The van der Waals surface area contributed by atoms with E-state index in [1.807, 2.05) is 24.8 Å². The van der Waals surface area contributed by atoms with E-state index in [-0.39, 0.29) is 19.3 Å². The molecule has 0 saturated heterocycles. The molecule has 0 aliphatic carbocycles. The summed E-state index contributed by atoms with van der Waals surface area (Å²) >= 11 is 0. The standard InChI is InChI=1S/C13H22N2O2/c1-9(2)15(5-6-16)13-12(8-17)10(3)7-11(4)14-13/h7,9,16-17H,5-6,8H2,1-4H3. The van der Waals surface area contributed by atoms with Crippen molar-refractivity contribution in [3.8, 4) is 0 Å². The lowest BCUT2D eigenvalue weighted by Gasteiger charge is -2.29. The van der Waals surface area contributed by atoms with Crippen LogP contribution in [0.15, 0.2) is 6.07 Å². The predicted molar refractivity (Wildman–Crippen MR) is 69.2 cm³/mol. The van der Waals surface area contributed by atoms with Crippen molar-refractivity contribution in [3.05, 3.63) is 22.9 Å². The fourth-order valence-electron chi connectivity index (χ4n) is 1.99. The van der Waals surface area contributed by atoms with E-state index in [9.17, 15) is 5.11 Å². The molecule has 0 amide bonds. The predicted octanol–water partition coefficient (Wildman–Crippen LogP) is 1.40. The topological polar surface area (TPSA) is 56.6 Å². The van der Waals surface area contributed by atoms with Gasteiger partial charge in [0.2, 0.25) is 0 Å². The second-order valence-electron chi connectivity index (χ2n) is 4.55. The summed E-state index contributed by atoms with van der Waals surface area (Å²) < 4.78 is 0. The summed E-state index contributed by atoms with van der Waals surface area (Å²) in [6.45, 7) is 8.60. The van der Waals surface area contributed by atoms with Gasteiger partial charge in [-0.05, 0) is 39.3 Å². The summed E-state index contributed by atoms with van der Waals surface area (Å²) in [4.78, 5) is 6.52. The Morgan fingerprint density at radius 2 is 1.94 bits per heavy atom. The number of hydrogen-bond donors (Lipinski definition) is 2. The SMILES string of the molecule is Cc1cc(C)c(CO)c(N(CCO)C(C)C)n1. The molecule has 0 radical (unpaired) electrons. The van der Waals surface area contributed by atoms with E-state index in [0.29, 0.717) is 6.54 Å². The third-order valence-electron chi connectivity index (χ3n) is 2.85. The Balaban J connectivity index is 3.25. The van der Waals surface area contributed by atoms with Crippen LogP contribution in [0, 0.1) is 13.8 Å². The molecule has 0 aromatic carbocycles. The molecule has 0 spiro atoms. The van der Waals surface area contributed by atoms with Crippen molar-refractivity contribution in [1.82, 2.24) is 4.98 Å². The molecule has 1 heterocycles. The van der Waals surface area contributed by atoms with Crippen LogP contribution in [0.3, 0.4) is 0 Å². The van der Waals surface area contributed by atoms with Crippen LogP contribution in [0.2, 0.25) is 0 Å². The monoisotopic (exact) mass is 238 g/mol. The van der Waals surface area contributed by atoms with Gasteiger partial charge in [-0.1, -0.05) is 0 Å². The Morgan fingerprint density at radius 3 is 2.41 bits per heavy atom. The molecule has 1 aromatic rings. The highest BCUT2D eigenvalue weighted by atomic mass is 16.3. The van der Waals surface area contributed by atoms with Crippen molar-refractivity contribution in [2.24, 2.45) is 0 Å². The number of rotatable bonds is 5. The van der Waals surface area contributed by atoms with Crippen LogP contribution in [-0.4, -0.2) is 34.4 Å². The first-order chi connectivity index (χ1) is 8.01. The average Bonchev–Trinajstić information content (AvgIpc) is 2.24. The molecule has 4 nitrogen and oxygen atoms in total. The van der Waals surface area contributed by atoms with Crippen LogP contribution < -0.4 is 4.90 Å². The summed E-state index contributed by atoms with van der Waals surface area (Å²) in [7, 11) is 0. The maximum Gasteiger partial charge on any atom is 0.134 e. The Kier molecular flexibility index (Phi) is 4.90. The average molecular weight is 238 g/mol. The molecule has 0 unspecified atom stereocenters. The zero-order valence-corrected chi connectivity index (χ0v) is 11.1. The first-order valence-electron chi connectivity index (χ1n) is 5.96. The number of aliphatic hydroxyl groups is 2. The summed E-state index contributed by atoms with van der Waals surface area (Å²) in [5.41, 5.74) is 2.81. The molecule has 0 bridgehead atoms. The lowest BCUT2D eigenvalue weighted by molar-refractivity contribution is 0.278. The van der Waals surface area contributed by atoms with Gasteiger partial charge in [-0.3, -0.25) is 0 Å². The minimum Gasteiger partial charge on any atom is -0.395 e. The van der Waals surface area contributed by atoms with Gasteiger partial charge in [-0.25, -0.2) is 4.98 Å². The van der Waals surface area contributed by atoms with E-state index in [2.05, 4.69) is 18.8 Å². The Labute approximate surface area is 103 Å². The smallest absolute Gasteiger partial charge is 0.134 e. The molecule has 1 aromatic heterocycles. The van der Waals surface area contributed by atoms with Crippen molar-refractivity contribution < 1.29 is 10.2 Å². The van der Waals surface area contributed by atoms with E-state index in [0.717, 1.165) is 22.6 Å². The summed E-state index contributed by atoms with van der Waals surface area (Å²) in [5.74, 6) is 0.786. The minimum absolute atomic E-state index is 0.0247. The third kappa shape index (κ3) is 3.17. The summed E-state index contributed by atoms with van der Waals surface area (Å²) in [6, 6.07) is 2.20. The van der Waals surface area contributed by atoms with Crippen LogP contribution in [-0.2, 0) is 6.61 Å². The van der Waals surface area contributed by atoms with Crippen LogP contribution in [0.25, 0.3) is 0 Å². The van der Waals surface area contributed by atoms with Crippen LogP contribution in [0.5, 0.6) is 0 Å². The lowest BCUT2D eigenvalue weighted by Crippen LogP contribution is -2.35. The highest BCUT2D eigenvalue weighted by Crippen LogP contribution is 2.24. The quantitative estimate of drug-likeness (QED) is 0.814. The van der Waals surface area contributed by atoms with Crippen LogP contribution in [0.1, 0.15) is 30.7 Å². The molecule has 4 heteroatoms. The number of nitrogens with zero attached hydrogens (tertiary/aromatic N) is 2. The number of aliphatic hydroxyl groups excluding tert-OH is 2. The van der Waals surface area contributed by atoms with Gasteiger partial charge in [0.15, 0.2) is 0 Å². The highest BCUT2D eigenvalue weighted by Gasteiger charge is 2.17. The van der Waals surface area contributed by atoms with Crippen molar-refractivity contribution in [3.63, 3.8) is 0 Å². The molecular formula is C13H22N2O2. The van der Waals surface area contributed by atoms with E-state index in [1.165, 1.54) is 0 Å². The number of hydrogen-bond acceptors (Lipinski definition) is 4. The Morgan fingerprint density at radius 1 is 1.29 bits per heavy atom. The van der Waals surface area contributed by atoms with Crippen LogP contribution in [0.4, 0.5) is 5.82 Å². The highest BCUT2D eigenvalue weighted by molar-refractivity contribution is 5.52. The van der Waals surface area contributed by atoms with Crippen LogP contribution >= 0.6 is 0 Å². The first kappa shape index (κ1) is 13.9. The largest absolute Gasteiger partial charge is 0.395 e. The molecular weight excluding hydrogens is 216 g/mol. The summed E-state index contributed by atoms with van der Waals surface area (Å²) in [6.07, 6.45) is 0. The minimum atomic E-state index is -0.0247. The number of pyridine rings is 1. The zero-order valence-electron chi connectivity index (χ0n) is 11.1. The van der Waals surface area contributed by atoms with E-state index in [1.54, 1.807) is 0 Å². The molecule has 0 atom stereocenters. The van der Waals surface area contributed by atoms with Gasteiger partial charge in [0.05, 0.1) is 13.2 Å². The number of aryl methyl sites for hydroxylation is 2. The molecule has 0 aliphatic rings. The second-order valence-corrected chi connectivity index (χ2v) is 4.55. The second kappa shape index (κ2) is 5.98. The maximum absolute atomic E-state index is 9.46. The Hall–Kier alpha value is -1.13. The van der Waals surface area contributed by atoms with E-state index in [4.69, 9.17) is 5.11 Å². The summed E-state index contributed by atoms with van der Waals surface area (Å²) in [5, 5.41) is 18.6. The van der Waals surface area contributed by atoms with E-state index < -0.39 is 0 Å². The normalized spacial score (nSPS) is 11.0. The van der Waals surface area contributed by atoms with Gasteiger partial charge in [0.25, 0.3) is 0 Å².